The zero-order valence-corrected chi connectivity index (χ0v) is 15.8. The number of hydrogen-bond acceptors (Lipinski definition) is 4. The van der Waals surface area contributed by atoms with Crippen LogP contribution in [0.3, 0.4) is 0 Å². The second-order valence-electron chi connectivity index (χ2n) is 6.49. The van der Waals surface area contributed by atoms with Crippen LogP contribution in [-0.2, 0) is 16.0 Å². The average Bonchev–Trinajstić information content (AvgIpc) is 2.98. The molecule has 1 aromatic carbocycles. The molecule has 1 aliphatic rings. The number of nitrogens with zero attached hydrogens (tertiary/aromatic N) is 2. The molecule has 0 saturated carbocycles. The van der Waals surface area contributed by atoms with Gasteiger partial charge in [-0.15, -0.1) is 0 Å². The van der Waals surface area contributed by atoms with E-state index in [2.05, 4.69) is 21.0 Å². The zero-order valence-electron chi connectivity index (χ0n) is 15.1. The van der Waals surface area contributed by atoms with E-state index in [4.69, 9.17) is 11.6 Å². The summed E-state index contributed by atoms with van der Waals surface area (Å²) in [4.78, 5) is 24.4. The minimum atomic E-state index is -0.572. The average molecular weight is 394 g/mol. The van der Waals surface area contributed by atoms with Gasteiger partial charge in [0.2, 0.25) is 11.8 Å². The first-order valence-electron chi connectivity index (χ1n) is 8.71. The van der Waals surface area contributed by atoms with Gasteiger partial charge in [-0.3, -0.25) is 14.9 Å². The Morgan fingerprint density at radius 3 is 2.96 bits per heavy atom. The lowest BCUT2D eigenvalue weighted by Crippen LogP contribution is -2.53. The number of nitrogens with one attached hydrogen (secondary N) is 3. The molecule has 144 valence electrons. The van der Waals surface area contributed by atoms with E-state index in [9.17, 15) is 14.0 Å². The maximum absolute atomic E-state index is 13.9. The Labute approximate surface area is 161 Å². The van der Waals surface area contributed by atoms with Crippen molar-refractivity contribution < 1.29 is 14.0 Å². The summed E-state index contributed by atoms with van der Waals surface area (Å²) in [5.74, 6) is -0.652. The van der Waals surface area contributed by atoms with Gasteiger partial charge < -0.3 is 10.6 Å². The zero-order chi connectivity index (χ0) is 19.6. The number of anilines is 1. The number of rotatable bonds is 5. The normalized spacial score (nSPS) is 19.6. The van der Waals surface area contributed by atoms with Gasteiger partial charge in [0.15, 0.2) is 6.29 Å². The van der Waals surface area contributed by atoms with Gasteiger partial charge in [0, 0.05) is 29.1 Å². The molecule has 1 aliphatic heterocycles. The molecule has 2 heterocycles. The Kier molecular flexibility index (Phi) is 5.76. The van der Waals surface area contributed by atoms with Crippen molar-refractivity contribution in [2.45, 2.75) is 45.4 Å². The molecule has 2 atom stereocenters. The maximum Gasteiger partial charge on any atom is 0.230 e. The molecule has 0 aliphatic carbocycles. The van der Waals surface area contributed by atoms with Crippen LogP contribution in [0, 0.1) is 12.7 Å². The number of halogens is 2. The number of amides is 2. The minimum absolute atomic E-state index is 0.0222. The van der Waals surface area contributed by atoms with Crippen molar-refractivity contribution in [2.75, 3.05) is 5.32 Å². The number of carbonyl (C=O) groups excluding carboxylic acids is 2. The molecule has 27 heavy (non-hydrogen) atoms. The molecular weight excluding hydrogens is 373 g/mol. The van der Waals surface area contributed by atoms with Crippen LogP contribution in [0.4, 0.5) is 10.2 Å². The molecule has 0 radical (unpaired) electrons. The summed E-state index contributed by atoms with van der Waals surface area (Å²) in [7, 11) is 0. The maximum atomic E-state index is 13.9. The van der Waals surface area contributed by atoms with E-state index in [0.717, 1.165) is 6.42 Å². The Morgan fingerprint density at radius 1 is 1.48 bits per heavy atom. The lowest BCUT2D eigenvalue weighted by molar-refractivity contribution is -0.125. The highest BCUT2D eigenvalue weighted by atomic mass is 35.5. The molecule has 0 spiro atoms. The lowest BCUT2D eigenvalue weighted by Gasteiger charge is -2.31. The molecule has 2 aromatic rings. The molecule has 7 nitrogen and oxygen atoms in total. The third-order valence-electron chi connectivity index (χ3n) is 4.38. The van der Waals surface area contributed by atoms with Crippen molar-refractivity contribution in [3.63, 3.8) is 0 Å². The summed E-state index contributed by atoms with van der Waals surface area (Å²) in [6, 6.07) is 5.99. The van der Waals surface area contributed by atoms with Gasteiger partial charge in [0.1, 0.15) is 11.6 Å². The molecule has 0 bridgehead atoms. The van der Waals surface area contributed by atoms with Gasteiger partial charge >= 0.3 is 0 Å². The number of benzene rings is 1. The van der Waals surface area contributed by atoms with Gasteiger partial charge in [-0.1, -0.05) is 24.6 Å². The van der Waals surface area contributed by atoms with E-state index >= 15 is 0 Å². The fraction of sp³-hybridized carbons (Fsp3) is 0.389. The lowest BCUT2D eigenvalue weighted by atomic mass is 10.1. The Morgan fingerprint density at radius 2 is 2.26 bits per heavy atom. The van der Waals surface area contributed by atoms with E-state index in [-0.39, 0.29) is 29.0 Å². The summed E-state index contributed by atoms with van der Waals surface area (Å²) >= 11 is 5.99. The first-order chi connectivity index (χ1) is 12.9. The molecule has 2 unspecified atom stereocenters. The fourth-order valence-corrected chi connectivity index (χ4v) is 3.24. The molecule has 3 rings (SSSR count). The summed E-state index contributed by atoms with van der Waals surface area (Å²) < 4.78 is 15.4. The largest absolute Gasteiger partial charge is 0.322 e. The summed E-state index contributed by atoms with van der Waals surface area (Å²) in [5.41, 5.74) is 0.804. The molecule has 1 saturated heterocycles. The number of aryl methyl sites for hydroxylation is 1. The van der Waals surface area contributed by atoms with Crippen LogP contribution in [0.25, 0.3) is 0 Å². The van der Waals surface area contributed by atoms with Crippen LogP contribution >= 0.6 is 11.6 Å². The van der Waals surface area contributed by atoms with Crippen LogP contribution < -0.4 is 16.0 Å². The van der Waals surface area contributed by atoms with E-state index in [1.165, 1.54) is 22.9 Å². The summed E-state index contributed by atoms with van der Waals surface area (Å²) in [6.07, 6.45) is 0.396. The molecular formula is C18H21ClFN5O2. The molecule has 3 N–H and O–H groups in total. The molecule has 2 amide bonds. The third kappa shape index (κ3) is 4.45. The number of carbonyl (C=O) groups is 2. The van der Waals surface area contributed by atoms with Gasteiger partial charge in [-0.2, -0.15) is 5.10 Å². The van der Waals surface area contributed by atoms with Crippen molar-refractivity contribution in [1.29, 1.82) is 0 Å². The topological polar surface area (TPSA) is 88.1 Å². The Balaban J connectivity index is 1.78. The van der Waals surface area contributed by atoms with Crippen LogP contribution in [0.5, 0.6) is 0 Å². The van der Waals surface area contributed by atoms with E-state index in [1.807, 2.05) is 6.92 Å². The monoisotopic (exact) mass is 393 g/mol. The quantitative estimate of drug-likeness (QED) is 0.728. The van der Waals surface area contributed by atoms with E-state index < -0.39 is 18.0 Å². The van der Waals surface area contributed by atoms with Crippen molar-refractivity contribution in [3.8, 4) is 0 Å². The number of hydrogen-bond donors (Lipinski definition) is 3. The predicted molar refractivity (Wildman–Crippen MR) is 99.7 cm³/mol. The second kappa shape index (κ2) is 8.06. The summed E-state index contributed by atoms with van der Waals surface area (Å²) in [5, 5.41) is 13.4. The first-order valence-corrected chi connectivity index (χ1v) is 9.09. The fourth-order valence-electron chi connectivity index (χ4n) is 3.01. The van der Waals surface area contributed by atoms with E-state index in [0.29, 0.717) is 17.9 Å². The highest BCUT2D eigenvalue weighted by molar-refractivity contribution is 6.31. The standard InChI is InChI=1S/C18H21ClFN5O2/c1-3-11-8-16(26)23-18(21-11)25-15(7-10(2)24-25)22-17(27)9-12-13(19)5-4-6-14(12)20/h4-7,11,18,21H,3,8-9H2,1-2H3,(H,22,27)(H,23,26). The van der Waals surface area contributed by atoms with Gasteiger partial charge in [-0.05, 0) is 25.5 Å². The molecule has 9 heteroatoms. The van der Waals surface area contributed by atoms with Crippen LogP contribution in [0.2, 0.25) is 5.02 Å². The van der Waals surface area contributed by atoms with Gasteiger partial charge in [-0.25, -0.2) is 9.07 Å². The Hall–Kier alpha value is -2.45. The van der Waals surface area contributed by atoms with Crippen molar-refractivity contribution in [2.24, 2.45) is 0 Å². The van der Waals surface area contributed by atoms with Gasteiger partial charge in [0.25, 0.3) is 0 Å². The smallest absolute Gasteiger partial charge is 0.230 e. The van der Waals surface area contributed by atoms with Crippen molar-refractivity contribution >= 4 is 29.2 Å². The molecule has 1 aromatic heterocycles. The third-order valence-corrected chi connectivity index (χ3v) is 4.74. The minimum Gasteiger partial charge on any atom is -0.322 e. The molecule has 1 fully saturated rings. The van der Waals surface area contributed by atoms with Crippen molar-refractivity contribution in [1.82, 2.24) is 20.4 Å². The summed E-state index contributed by atoms with van der Waals surface area (Å²) in [6.45, 7) is 3.77. The highest BCUT2D eigenvalue weighted by Gasteiger charge is 2.28. The van der Waals surface area contributed by atoms with Gasteiger partial charge in [0.05, 0.1) is 12.1 Å². The van der Waals surface area contributed by atoms with Crippen LogP contribution in [-0.4, -0.2) is 27.6 Å². The first kappa shape index (κ1) is 19.3. The van der Waals surface area contributed by atoms with Crippen LogP contribution in [0.1, 0.15) is 37.3 Å². The predicted octanol–water partition coefficient (Wildman–Crippen LogP) is 2.51. The Bertz CT molecular complexity index is 849. The SMILES string of the molecule is CCC1CC(=O)NC(n2nc(C)cc2NC(=O)Cc2c(F)cccc2Cl)N1. The van der Waals surface area contributed by atoms with Crippen molar-refractivity contribution in [3.05, 3.63) is 46.4 Å². The highest BCUT2D eigenvalue weighted by Crippen LogP contribution is 2.21. The number of aromatic nitrogens is 2. The van der Waals surface area contributed by atoms with E-state index in [1.54, 1.807) is 13.0 Å². The van der Waals surface area contributed by atoms with Crippen LogP contribution in [0.15, 0.2) is 24.3 Å². The second-order valence-corrected chi connectivity index (χ2v) is 6.89.